The van der Waals surface area contributed by atoms with Crippen LogP contribution in [-0.4, -0.2) is 106 Å². The summed E-state index contributed by atoms with van der Waals surface area (Å²) < 4.78 is 23.5. The molecular weight excluding hydrogens is 557 g/mol. The van der Waals surface area contributed by atoms with Crippen LogP contribution in [-0.2, 0) is 21.4 Å². The summed E-state index contributed by atoms with van der Waals surface area (Å²) in [6.07, 6.45) is 0.499. The number of nitrogens with one attached hydrogen (secondary N) is 1. The molecule has 0 spiro atoms. The highest BCUT2D eigenvalue weighted by Gasteiger charge is 2.38. The van der Waals surface area contributed by atoms with E-state index in [1.54, 1.807) is 32.4 Å². The average Bonchev–Trinajstić information content (AvgIpc) is 3.18. The zero-order valence-electron chi connectivity index (χ0n) is 25.3. The van der Waals surface area contributed by atoms with Crippen LogP contribution in [0.4, 0.5) is 14.9 Å². The molecule has 4 aliphatic rings. The number of para-hydroxylation sites is 1. The molecule has 12 nitrogen and oxygen atoms in total. The maximum absolute atomic E-state index is 15.0. The van der Waals surface area contributed by atoms with Crippen LogP contribution < -0.4 is 15.9 Å². The fourth-order valence-electron chi connectivity index (χ4n) is 6.66. The van der Waals surface area contributed by atoms with Crippen LogP contribution >= 0.6 is 0 Å². The molecule has 1 N–H and O–H groups in total. The van der Waals surface area contributed by atoms with Crippen LogP contribution in [0, 0.1) is 0 Å². The van der Waals surface area contributed by atoms with Gasteiger partial charge in [-0.2, -0.15) is 0 Å². The number of piperazine rings is 1. The minimum atomic E-state index is -0.716. The number of likely N-dealkylation sites (tertiary alicyclic amines) is 1. The van der Waals surface area contributed by atoms with E-state index in [1.807, 2.05) is 18.2 Å². The van der Waals surface area contributed by atoms with E-state index in [4.69, 9.17) is 4.74 Å². The van der Waals surface area contributed by atoms with E-state index in [9.17, 15) is 19.2 Å². The molecule has 4 aliphatic heterocycles. The number of aromatic nitrogens is 2. The third-order valence-electron chi connectivity index (χ3n) is 8.93. The highest BCUT2D eigenvalue weighted by Crippen LogP contribution is 2.32. The molecule has 13 heteroatoms. The molecule has 232 valence electrons. The van der Waals surface area contributed by atoms with Gasteiger partial charge in [0.25, 0.3) is 0 Å². The van der Waals surface area contributed by atoms with Gasteiger partial charge in [0.05, 0.1) is 23.3 Å². The smallest absolute Gasteiger partial charge is 0.410 e. The average molecular weight is 598 g/mol. The predicted molar refractivity (Wildman–Crippen MR) is 158 cm³/mol. The van der Waals surface area contributed by atoms with Crippen LogP contribution in [0.15, 0.2) is 34.5 Å². The first-order valence-corrected chi connectivity index (χ1v) is 15.0. The molecule has 1 atom stereocenters. The van der Waals surface area contributed by atoms with E-state index in [0.29, 0.717) is 36.6 Å². The number of fused-ring (bicyclic) bond motifs is 1. The molecular formula is C30H40FN7O5. The molecule has 3 fully saturated rings. The van der Waals surface area contributed by atoms with Gasteiger partial charge in [-0.15, -0.1) is 0 Å². The molecule has 5 heterocycles. The third-order valence-corrected chi connectivity index (χ3v) is 8.93. The number of hydrogen-bond acceptors (Lipinski definition) is 8. The zero-order valence-corrected chi connectivity index (χ0v) is 25.3. The van der Waals surface area contributed by atoms with Gasteiger partial charge in [0.1, 0.15) is 17.5 Å². The van der Waals surface area contributed by atoms with Crippen LogP contribution in [0.3, 0.4) is 0 Å². The number of rotatable bonds is 4. The third kappa shape index (κ3) is 5.50. The molecule has 3 amide bonds. The number of hydrogen-bond donors (Lipinski definition) is 1. The zero-order chi connectivity index (χ0) is 30.6. The number of amides is 3. The number of aryl methyl sites for hydroxylation is 1. The molecule has 1 unspecified atom stereocenters. The monoisotopic (exact) mass is 597 g/mol. The fraction of sp³-hybridized carbons (Fsp3) is 0.600. The molecule has 1 aromatic heterocycles. The Hall–Kier alpha value is -3.87. The Kier molecular flexibility index (Phi) is 7.47. The SMILES string of the molecule is Cn1c(=O)n(C2CCC(=O)NC2=O)c2cccc(N3CCN(C4CN(C5=C(F)CN(C(=O)OC(C)(C)C)CC5)C4)CC3)c21. The topological polar surface area (TPSA) is 112 Å². The Morgan fingerprint density at radius 2 is 1.72 bits per heavy atom. The number of halogens is 1. The minimum Gasteiger partial charge on any atom is -0.444 e. The van der Waals surface area contributed by atoms with E-state index in [-0.39, 0.29) is 30.4 Å². The van der Waals surface area contributed by atoms with Gasteiger partial charge < -0.3 is 19.4 Å². The van der Waals surface area contributed by atoms with Crippen molar-refractivity contribution in [1.29, 1.82) is 0 Å². The Morgan fingerprint density at radius 1 is 1.00 bits per heavy atom. The fourth-order valence-corrected chi connectivity index (χ4v) is 6.66. The number of carbonyl (C=O) groups is 3. The second-order valence-corrected chi connectivity index (χ2v) is 12.9. The molecule has 0 radical (unpaired) electrons. The van der Waals surface area contributed by atoms with E-state index >= 15 is 4.39 Å². The van der Waals surface area contributed by atoms with Gasteiger partial charge in [0, 0.05) is 77.4 Å². The predicted octanol–water partition coefficient (Wildman–Crippen LogP) is 1.95. The minimum absolute atomic E-state index is 0.0522. The van der Waals surface area contributed by atoms with Crippen molar-refractivity contribution < 1.29 is 23.5 Å². The molecule has 6 rings (SSSR count). The van der Waals surface area contributed by atoms with Crippen LogP contribution in [0.5, 0.6) is 0 Å². The molecule has 43 heavy (non-hydrogen) atoms. The van der Waals surface area contributed by atoms with Gasteiger partial charge in [-0.05, 0) is 39.3 Å². The largest absolute Gasteiger partial charge is 0.444 e. The summed E-state index contributed by atoms with van der Waals surface area (Å²) in [5.74, 6) is -1.01. The van der Waals surface area contributed by atoms with E-state index in [2.05, 4.69) is 20.0 Å². The van der Waals surface area contributed by atoms with Gasteiger partial charge >= 0.3 is 11.8 Å². The first-order chi connectivity index (χ1) is 20.4. The van der Waals surface area contributed by atoms with Crippen molar-refractivity contribution in [3.63, 3.8) is 0 Å². The Balaban J connectivity index is 1.08. The van der Waals surface area contributed by atoms with Crippen molar-refractivity contribution in [3.8, 4) is 0 Å². The first kappa shape index (κ1) is 29.2. The van der Waals surface area contributed by atoms with Crippen molar-refractivity contribution in [1.82, 2.24) is 29.2 Å². The summed E-state index contributed by atoms with van der Waals surface area (Å²) in [7, 11) is 1.72. The van der Waals surface area contributed by atoms with E-state index < -0.39 is 23.6 Å². The second-order valence-electron chi connectivity index (χ2n) is 12.9. The Labute approximate surface area is 249 Å². The van der Waals surface area contributed by atoms with Gasteiger partial charge in [-0.3, -0.25) is 28.9 Å². The van der Waals surface area contributed by atoms with Crippen molar-refractivity contribution in [2.75, 3.05) is 57.3 Å². The van der Waals surface area contributed by atoms with Crippen molar-refractivity contribution in [2.45, 2.75) is 57.7 Å². The molecule has 3 saturated heterocycles. The molecule has 0 aliphatic carbocycles. The number of ether oxygens (including phenoxy) is 1. The number of imide groups is 1. The number of piperidine rings is 1. The van der Waals surface area contributed by atoms with E-state index in [1.165, 1.54) is 9.47 Å². The summed E-state index contributed by atoms with van der Waals surface area (Å²) in [6, 6.07) is 5.39. The number of benzene rings is 1. The van der Waals surface area contributed by atoms with Crippen molar-refractivity contribution >= 4 is 34.6 Å². The highest BCUT2D eigenvalue weighted by atomic mass is 19.1. The molecule has 2 aromatic rings. The van der Waals surface area contributed by atoms with Gasteiger partial charge in [-0.1, -0.05) is 6.07 Å². The lowest BCUT2D eigenvalue weighted by Gasteiger charge is -2.50. The van der Waals surface area contributed by atoms with Crippen LogP contribution in [0.2, 0.25) is 0 Å². The summed E-state index contributed by atoms with van der Waals surface area (Å²) in [5.41, 5.74) is 2.22. The van der Waals surface area contributed by atoms with Gasteiger partial charge in [0.2, 0.25) is 11.8 Å². The van der Waals surface area contributed by atoms with E-state index in [0.717, 1.165) is 50.5 Å². The summed E-state index contributed by atoms with van der Waals surface area (Å²) >= 11 is 0. The summed E-state index contributed by atoms with van der Waals surface area (Å²) in [5, 5.41) is 2.36. The van der Waals surface area contributed by atoms with Gasteiger partial charge in [0.15, 0.2) is 0 Å². The van der Waals surface area contributed by atoms with Crippen LogP contribution in [0.25, 0.3) is 11.0 Å². The molecule has 1 aromatic carbocycles. The lowest BCUT2D eigenvalue weighted by Crippen LogP contribution is -2.63. The van der Waals surface area contributed by atoms with Crippen molar-refractivity contribution in [2.24, 2.45) is 7.05 Å². The highest BCUT2D eigenvalue weighted by molar-refractivity contribution is 6.00. The number of carbonyl (C=O) groups excluding carboxylic acids is 3. The maximum Gasteiger partial charge on any atom is 0.410 e. The summed E-state index contributed by atoms with van der Waals surface area (Å²) in [4.78, 5) is 58.2. The summed E-state index contributed by atoms with van der Waals surface area (Å²) in [6.45, 7) is 10.5. The second kappa shape index (κ2) is 11.0. The number of imidazole rings is 1. The van der Waals surface area contributed by atoms with Crippen molar-refractivity contribution in [3.05, 3.63) is 40.2 Å². The standard InChI is InChI=1S/C30H40FN7O5/c1-30(2,3)43-29(42)36-11-10-21(20(31)18-36)37-16-19(17-37)34-12-14-35(15-13-34)22-6-5-7-23-26(22)33(4)28(41)38(23)24-8-9-25(39)32-27(24)40/h5-7,19,24H,8-18H2,1-4H3,(H,32,39,40). The molecule has 0 bridgehead atoms. The Morgan fingerprint density at radius 3 is 2.37 bits per heavy atom. The first-order valence-electron chi connectivity index (χ1n) is 15.0. The van der Waals surface area contributed by atoms with Gasteiger partial charge in [-0.25, -0.2) is 14.0 Å². The van der Waals surface area contributed by atoms with Crippen LogP contribution in [0.1, 0.15) is 46.1 Å². The number of nitrogens with zero attached hydrogens (tertiary/aromatic N) is 6. The molecule has 0 saturated carbocycles. The lowest BCUT2D eigenvalue weighted by molar-refractivity contribution is -0.135. The quantitative estimate of drug-likeness (QED) is 0.533. The lowest BCUT2D eigenvalue weighted by atomic mass is 10.0. The normalized spacial score (nSPS) is 22.7. The Bertz CT molecular complexity index is 1540. The maximum atomic E-state index is 15.0. The number of anilines is 1.